The number of aromatic hydroxyl groups is 1. The topological polar surface area (TPSA) is 58.6 Å². The maximum Gasteiger partial charge on any atom is 0.226 e. The van der Waals surface area contributed by atoms with Crippen LogP contribution in [0.3, 0.4) is 0 Å². The standard InChI is InChI=1S/C10H13NO3/c1-14-7-11-10(13)6-8-2-4-9(12)5-3-8/h2-5,12H,6-7H2,1H3,(H,11,13). The molecule has 0 unspecified atom stereocenters. The molecular weight excluding hydrogens is 182 g/mol. The van der Waals surface area contributed by atoms with Crippen molar-refractivity contribution in [2.75, 3.05) is 13.8 Å². The predicted molar refractivity (Wildman–Crippen MR) is 51.8 cm³/mol. The third-order valence-corrected chi connectivity index (χ3v) is 1.71. The van der Waals surface area contributed by atoms with E-state index in [0.29, 0.717) is 6.42 Å². The molecule has 0 fully saturated rings. The van der Waals surface area contributed by atoms with Crippen molar-refractivity contribution >= 4 is 5.91 Å². The van der Waals surface area contributed by atoms with Crippen LogP contribution in [-0.2, 0) is 16.0 Å². The number of phenols is 1. The van der Waals surface area contributed by atoms with E-state index in [4.69, 9.17) is 9.84 Å². The molecule has 0 aromatic heterocycles. The van der Waals surface area contributed by atoms with Crippen molar-refractivity contribution in [3.8, 4) is 5.75 Å². The first-order chi connectivity index (χ1) is 6.72. The Kier molecular flexibility index (Phi) is 3.94. The number of rotatable bonds is 4. The Balaban J connectivity index is 2.44. The van der Waals surface area contributed by atoms with Gasteiger partial charge in [0.15, 0.2) is 0 Å². The molecule has 1 aromatic carbocycles. The van der Waals surface area contributed by atoms with Gasteiger partial charge in [0.25, 0.3) is 0 Å². The highest BCUT2D eigenvalue weighted by Crippen LogP contribution is 2.09. The third kappa shape index (κ3) is 3.45. The summed E-state index contributed by atoms with van der Waals surface area (Å²) in [7, 11) is 1.51. The summed E-state index contributed by atoms with van der Waals surface area (Å²) in [6, 6.07) is 6.53. The summed E-state index contributed by atoms with van der Waals surface area (Å²) in [6.45, 7) is 0.219. The van der Waals surface area contributed by atoms with E-state index in [2.05, 4.69) is 5.32 Å². The highest BCUT2D eigenvalue weighted by Gasteiger charge is 2.01. The Labute approximate surface area is 82.5 Å². The molecule has 1 aromatic rings. The molecule has 0 spiro atoms. The van der Waals surface area contributed by atoms with Crippen molar-refractivity contribution in [1.82, 2.24) is 5.32 Å². The van der Waals surface area contributed by atoms with Gasteiger partial charge in [-0.25, -0.2) is 0 Å². The Hall–Kier alpha value is -1.55. The Morgan fingerprint density at radius 3 is 2.64 bits per heavy atom. The van der Waals surface area contributed by atoms with Gasteiger partial charge in [0.1, 0.15) is 12.5 Å². The fourth-order valence-electron chi connectivity index (χ4n) is 1.01. The van der Waals surface area contributed by atoms with Crippen molar-refractivity contribution in [2.24, 2.45) is 0 Å². The van der Waals surface area contributed by atoms with Crippen LogP contribution in [0.1, 0.15) is 5.56 Å². The molecule has 0 aliphatic carbocycles. The van der Waals surface area contributed by atoms with Gasteiger partial charge in [-0.2, -0.15) is 0 Å². The molecule has 4 heteroatoms. The molecule has 0 atom stereocenters. The van der Waals surface area contributed by atoms with Gasteiger partial charge in [0.2, 0.25) is 5.91 Å². The van der Waals surface area contributed by atoms with E-state index >= 15 is 0 Å². The fraction of sp³-hybridized carbons (Fsp3) is 0.300. The largest absolute Gasteiger partial charge is 0.508 e. The molecule has 76 valence electrons. The molecule has 4 nitrogen and oxygen atoms in total. The molecule has 2 N–H and O–H groups in total. The number of amides is 1. The maximum atomic E-state index is 11.2. The van der Waals surface area contributed by atoms with Crippen LogP contribution in [0.4, 0.5) is 0 Å². The molecule has 0 heterocycles. The monoisotopic (exact) mass is 195 g/mol. The number of hydrogen-bond donors (Lipinski definition) is 2. The Bertz CT molecular complexity index is 295. The summed E-state index contributed by atoms with van der Waals surface area (Å²) in [4.78, 5) is 11.2. The van der Waals surface area contributed by atoms with E-state index in [9.17, 15) is 4.79 Å². The zero-order chi connectivity index (χ0) is 10.4. The van der Waals surface area contributed by atoms with Gasteiger partial charge in [-0.3, -0.25) is 4.79 Å². The molecule has 1 amide bonds. The summed E-state index contributed by atoms with van der Waals surface area (Å²) in [5, 5.41) is 11.6. The lowest BCUT2D eigenvalue weighted by molar-refractivity contribution is -0.121. The van der Waals surface area contributed by atoms with E-state index in [1.165, 1.54) is 7.11 Å². The summed E-state index contributed by atoms with van der Waals surface area (Å²) in [5.74, 6) is 0.101. The molecule has 0 radical (unpaired) electrons. The van der Waals surface area contributed by atoms with Crippen molar-refractivity contribution in [3.05, 3.63) is 29.8 Å². The van der Waals surface area contributed by atoms with Crippen molar-refractivity contribution < 1.29 is 14.6 Å². The van der Waals surface area contributed by atoms with Gasteiger partial charge in [-0.1, -0.05) is 12.1 Å². The summed E-state index contributed by atoms with van der Waals surface area (Å²) < 4.78 is 4.70. The predicted octanol–water partition coefficient (Wildman–Crippen LogP) is 0.655. The SMILES string of the molecule is COCNC(=O)Cc1ccc(O)cc1. The van der Waals surface area contributed by atoms with E-state index < -0.39 is 0 Å². The number of nitrogens with one attached hydrogen (secondary N) is 1. The van der Waals surface area contributed by atoms with Crippen LogP contribution in [0.25, 0.3) is 0 Å². The zero-order valence-corrected chi connectivity index (χ0v) is 7.99. The van der Waals surface area contributed by atoms with Crippen molar-refractivity contribution in [2.45, 2.75) is 6.42 Å². The van der Waals surface area contributed by atoms with Crippen LogP contribution in [0.15, 0.2) is 24.3 Å². The summed E-state index contributed by atoms with van der Waals surface area (Å²) in [6.07, 6.45) is 0.295. The first-order valence-corrected chi connectivity index (χ1v) is 4.26. The van der Waals surface area contributed by atoms with E-state index in [1.54, 1.807) is 24.3 Å². The highest BCUT2D eigenvalue weighted by atomic mass is 16.5. The van der Waals surface area contributed by atoms with E-state index in [-0.39, 0.29) is 18.4 Å². The molecule has 0 saturated heterocycles. The van der Waals surface area contributed by atoms with Crippen LogP contribution in [0, 0.1) is 0 Å². The second-order valence-electron chi connectivity index (χ2n) is 2.88. The van der Waals surface area contributed by atoms with Crippen LogP contribution in [0.2, 0.25) is 0 Å². The lowest BCUT2D eigenvalue weighted by atomic mass is 10.1. The number of carbonyl (C=O) groups excluding carboxylic acids is 1. The summed E-state index contributed by atoms with van der Waals surface area (Å²) in [5.41, 5.74) is 0.858. The molecule has 14 heavy (non-hydrogen) atoms. The van der Waals surface area contributed by atoms with E-state index in [1.807, 2.05) is 0 Å². The first-order valence-electron chi connectivity index (χ1n) is 4.26. The van der Waals surface area contributed by atoms with Crippen LogP contribution in [0.5, 0.6) is 5.75 Å². The van der Waals surface area contributed by atoms with Gasteiger partial charge >= 0.3 is 0 Å². The number of phenolic OH excluding ortho intramolecular Hbond substituents is 1. The summed E-state index contributed by atoms with van der Waals surface area (Å²) >= 11 is 0. The maximum absolute atomic E-state index is 11.2. The molecule has 0 aliphatic rings. The van der Waals surface area contributed by atoms with Crippen LogP contribution in [-0.4, -0.2) is 24.9 Å². The van der Waals surface area contributed by atoms with Gasteiger partial charge in [0, 0.05) is 7.11 Å². The molecule has 0 bridgehead atoms. The number of benzene rings is 1. The normalized spacial score (nSPS) is 9.79. The van der Waals surface area contributed by atoms with Crippen molar-refractivity contribution in [3.63, 3.8) is 0 Å². The minimum absolute atomic E-state index is 0.0995. The molecule has 1 rings (SSSR count). The third-order valence-electron chi connectivity index (χ3n) is 1.71. The lowest BCUT2D eigenvalue weighted by Gasteiger charge is -2.03. The second-order valence-corrected chi connectivity index (χ2v) is 2.88. The van der Waals surface area contributed by atoms with Crippen LogP contribution >= 0.6 is 0 Å². The average Bonchev–Trinajstić information content (AvgIpc) is 2.18. The zero-order valence-electron chi connectivity index (χ0n) is 7.99. The van der Waals surface area contributed by atoms with Gasteiger partial charge in [-0.15, -0.1) is 0 Å². The second kappa shape index (κ2) is 5.24. The van der Waals surface area contributed by atoms with Gasteiger partial charge in [-0.05, 0) is 17.7 Å². The molecule has 0 saturated carbocycles. The van der Waals surface area contributed by atoms with Gasteiger partial charge in [0.05, 0.1) is 6.42 Å². The number of hydrogen-bond acceptors (Lipinski definition) is 3. The molecule has 0 aliphatic heterocycles. The highest BCUT2D eigenvalue weighted by molar-refractivity contribution is 5.78. The van der Waals surface area contributed by atoms with Crippen LogP contribution < -0.4 is 5.32 Å². The first kappa shape index (κ1) is 10.5. The minimum Gasteiger partial charge on any atom is -0.508 e. The Morgan fingerprint density at radius 1 is 1.43 bits per heavy atom. The lowest BCUT2D eigenvalue weighted by Crippen LogP contribution is -2.26. The molecular formula is C10H13NO3. The van der Waals surface area contributed by atoms with Crippen molar-refractivity contribution in [1.29, 1.82) is 0 Å². The smallest absolute Gasteiger partial charge is 0.226 e. The Morgan fingerprint density at radius 2 is 2.07 bits per heavy atom. The number of ether oxygens (including phenoxy) is 1. The van der Waals surface area contributed by atoms with Gasteiger partial charge < -0.3 is 15.2 Å². The number of methoxy groups -OCH3 is 1. The van der Waals surface area contributed by atoms with E-state index in [0.717, 1.165) is 5.56 Å². The average molecular weight is 195 g/mol. The quantitative estimate of drug-likeness (QED) is 0.694. The number of carbonyl (C=O) groups is 1. The minimum atomic E-state index is -0.0995. The fourth-order valence-corrected chi connectivity index (χ4v) is 1.01.